The molecule has 0 spiro atoms. The lowest BCUT2D eigenvalue weighted by atomic mass is 10.1. The largest absolute Gasteiger partial charge is 0.483 e. The SMILES string of the molecule is CC(C(=O)NC(C)(C)C)N(Cc1cccc(Br)c1)C(=O)COc1ccc(Cl)cc1Br. The highest BCUT2D eigenvalue weighted by Crippen LogP contribution is 2.28. The molecule has 5 nitrogen and oxygen atoms in total. The Kier molecular flexibility index (Phi) is 8.76. The van der Waals surface area contributed by atoms with E-state index in [9.17, 15) is 9.59 Å². The Bertz CT molecular complexity index is 915. The van der Waals surface area contributed by atoms with Crippen molar-refractivity contribution in [3.63, 3.8) is 0 Å². The van der Waals surface area contributed by atoms with Crippen molar-refractivity contribution in [2.45, 2.75) is 45.8 Å². The summed E-state index contributed by atoms with van der Waals surface area (Å²) in [5, 5.41) is 3.50. The summed E-state index contributed by atoms with van der Waals surface area (Å²) in [6, 6.07) is 12.0. The highest BCUT2D eigenvalue weighted by molar-refractivity contribution is 9.10. The second-order valence-corrected chi connectivity index (χ2v) is 10.1. The third-order valence-corrected chi connectivity index (χ3v) is 5.50. The monoisotopic (exact) mass is 558 g/mol. The zero-order chi connectivity index (χ0) is 22.5. The van der Waals surface area contributed by atoms with E-state index in [1.807, 2.05) is 45.0 Å². The summed E-state index contributed by atoms with van der Waals surface area (Å²) in [5.74, 6) is -0.0196. The van der Waals surface area contributed by atoms with Crippen molar-refractivity contribution in [1.29, 1.82) is 0 Å². The Balaban J connectivity index is 2.20. The number of ether oxygens (including phenoxy) is 1. The van der Waals surface area contributed by atoms with Gasteiger partial charge in [0.25, 0.3) is 5.91 Å². The number of hydrogen-bond acceptors (Lipinski definition) is 3. The molecule has 1 unspecified atom stereocenters. The zero-order valence-electron chi connectivity index (χ0n) is 17.3. The van der Waals surface area contributed by atoms with Gasteiger partial charge in [-0.25, -0.2) is 0 Å². The van der Waals surface area contributed by atoms with Crippen molar-refractivity contribution in [3.05, 3.63) is 62.0 Å². The van der Waals surface area contributed by atoms with Crippen LogP contribution in [0.1, 0.15) is 33.3 Å². The van der Waals surface area contributed by atoms with E-state index in [0.717, 1.165) is 10.0 Å². The minimum atomic E-state index is -0.673. The number of carbonyl (C=O) groups is 2. The number of hydrogen-bond donors (Lipinski definition) is 1. The Morgan fingerprint density at radius 2 is 1.87 bits per heavy atom. The minimum absolute atomic E-state index is 0.207. The average Bonchev–Trinajstić information content (AvgIpc) is 2.63. The summed E-state index contributed by atoms with van der Waals surface area (Å²) in [7, 11) is 0. The van der Waals surface area contributed by atoms with Gasteiger partial charge >= 0.3 is 0 Å². The number of nitrogens with zero attached hydrogens (tertiary/aromatic N) is 1. The van der Waals surface area contributed by atoms with Crippen LogP contribution >= 0.6 is 43.5 Å². The molecule has 2 aromatic rings. The van der Waals surface area contributed by atoms with Gasteiger partial charge in [0, 0.05) is 21.6 Å². The van der Waals surface area contributed by atoms with Crippen molar-refractivity contribution in [2.24, 2.45) is 0 Å². The second-order valence-electron chi connectivity index (χ2n) is 7.93. The summed E-state index contributed by atoms with van der Waals surface area (Å²) >= 11 is 12.8. The average molecular weight is 561 g/mol. The summed E-state index contributed by atoms with van der Waals surface area (Å²) < 4.78 is 7.25. The summed E-state index contributed by atoms with van der Waals surface area (Å²) in [5.41, 5.74) is 0.501. The van der Waals surface area contributed by atoms with Crippen LogP contribution in [0.5, 0.6) is 5.75 Å². The molecule has 0 bridgehead atoms. The van der Waals surface area contributed by atoms with Crippen LogP contribution in [0.25, 0.3) is 0 Å². The molecule has 2 aromatic carbocycles. The highest BCUT2D eigenvalue weighted by atomic mass is 79.9. The van der Waals surface area contributed by atoms with Gasteiger partial charge in [0.05, 0.1) is 4.47 Å². The second kappa shape index (κ2) is 10.6. The van der Waals surface area contributed by atoms with Crippen LogP contribution in [-0.2, 0) is 16.1 Å². The molecule has 2 amide bonds. The summed E-state index contributed by atoms with van der Waals surface area (Å²) in [6.45, 7) is 7.50. The Morgan fingerprint density at radius 1 is 1.17 bits per heavy atom. The van der Waals surface area contributed by atoms with E-state index in [0.29, 0.717) is 15.2 Å². The minimum Gasteiger partial charge on any atom is -0.483 e. The molecule has 0 saturated carbocycles. The van der Waals surface area contributed by atoms with Crippen LogP contribution in [0.4, 0.5) is 0 Å². The predicted molar refractivity (Wildman–Crippen MR) is 127 cm³/mol. The highest BCUT2D eigenvalue weighted by Gasteiger charge is 2.28. The third-order valence-electron chi connectivity index (χ3n) is 4.15. The molecular weight excluding hydrogens is 536 g/mol. The molecule has 1 N–H and O–H groups in total. The van der Waals surface area contributed by atoms with E-state index < -0.39 is 11.6 Å². The maximum absolute atomic E-state index is 13.1. The predicted octanol–water partition coefficient (Wildman–Crippen LogP) is 5.58. The van der Waals surface area contributed by atoms with E-state index in [2.05, 4.69) is 37.2 Å². The van der Waals surface area contributed by atoms with Gasteiger partial charge < -0.3 is 15.0 Å². The van der Waals surface area contributed by atoms with Crippen molar-refractivity contribution in [3.8, 4) is 5.75 Å². The van der Waals surface area contributed by atoms with Crippen molar-refractivity contribution >= 4 is 55.3 Å². The number of carbonyl (C=O) groups excluding carboxylic acids is 2. The van der Waals surface area contributed by atoms with Crippen molar-refractivity contribution < 1.29 is 14.3 Å². The van der Waals surface area contributed by atoms with E-state index >= 15 is 0 Å². The van der Waals surface area contributed by atoms with Crippen LogP contribution in [0.2, 0.25) is 5.02 Å². The molecule has 0 heterocycles. The van der Waals surface area contributed by atoms with Gasteiger partial charge in [0.2, 0.25) is 5.91 Å². The van der Waals surface area contributed by atoms with Crippen LogP contribution in [0.3, 0.4) is 0 Å². The van der Waals surface area contributed by atoms with E-state index in [1.54, 1.807) is 25.1 Å². The summed E-state index contributed by atoms with van der Waals surface area (Å²) in [6.07, 6.45) is 0. The Hall–Kier alpha value is -1.57. The summed E-state index contributed by atoms with van der Waals surface area (Å²) in [4.78, 5) is 27.3. The van der Waals surface area contributed by atoms with Crippen molar-refractivity contribution in [1.82, 2.24) is 10.2 Å². The van der Waals surface area contributed by atoms with Crippen LogP contribution in [0, 0.1) is 0 Å². The van der Waals surface area contributed by atoms with Gasteiger partial charge in [-0.1, -0.05) is 39.7 Å². The number of halogens is 3. The number of rotatable bonds is 7. The van der Waals surface area contributed by atoms with Gasteiger partial charge in [-0.2, -0.15) is 0 Å². The van der Waals surface area contributed by atoms with Gasteiger partial charge in [-0.05, 0) is 79.5 Å². The first-order valence-electron chi connectivity index (χ1n) is 9.40. The molecule has 0 fully saturated rings. The number of nitrogens with one attached hydrogen (secondary N) is 1. The first-order valence-corrected chi connectivity index (χ1v) is 11.4. The molecule has 8 heteroatoms. The lowest BCUT2D eigenvalue weighted by molar-refractivity contribution is -0.142. The third kappa shape index (κ3) is 7.60. The smallest absolute Gasteiger partial charge is 0.261 e. The molecule has 0 aromatic heterocycles. The van der Waals surface area contributed by atoms with Gasteiger partial charge in [-0.15, -0.1) is 0 Å². The molecule has 0 saturated heterocycles. The van der Waals surface area contributed by atoms with Gasteiger partial charge in [0.15, 0.2) is 6.61 Å². The molecular formula is C22H25Br2ClN2O3. The fraction of sp³-hybridized carbons (Fsp3) is 0.364. The quantitative estimate of drug-likeness (QED) is 0.481. The first-order chi connectivity index (χ1) is 14.0. The maximum Gasteiger partial charge on any atom is 0.261 e. The van der Waals surface area contributed by atoms with Crippen molar-refractivity contribution in [2.75, 3.05) is 6.61 Å². The number of benzene rings is 2. The molecule has 0 aliphatic heterocycles. The fourth-order valence-corrected chi connectivity index (χ4v) is 3.95. The number of amides is 2. The molecule has 2 rings (SSSR count). The fourth-order valence-electron chi connectivity index (χ4n) is 2.70. The van der Waals surface area contributed by atoms with Crippen LogP contribution < -0.4 is 10.1 Å². The lowest BCUT2D eigenvalue weighted by Crippen LogP contribution is -2.53. The molecule has 0 aliphatic carbocycles. The standard InChI is InChI=1S/C22H25Br2ClN2O3/c1-14(21(29)26-22(2,3)4)27(12-15-6-5-7-16(23)10-15)20(28)13-30-19-9-8-17(25)11-18(19)24/h5-11,14H,12-13H2,1-4H3,(H,26,29). The van der Waals surface area contributed by atoms with Crippen LogP contribution in [-0.4, -0.2) is 34.9 Å². The maximum atomic E-state index is 13.1. The molecule has 30 heavy (non-hydrogen) atoms. The Labute approximate surface area is 199 Å². The topological polar surface area (TPSA) is 58.6 Å². The molecule has 0 radical (unpaired) electrons. The van der Waals surface area contributed by atoms with Gasteiger partial charge in [0.1, 0.15) is 11.8 Å². The molecule has 0 aliphatic rings. The van der Waals surface area contributed by atoms with Gasteiger partial charge in [-0.3, -0.25) is 9.59 Å². The van der Waals surface area contributed by atoms with E-state index in [1.165, 1.54) is 4.90 Å². The van der Waals surface area contributed by atoms with E-state index in [-0.39, 0.29) is 25.0 Å². The van der Waals surface area contributed by atoms with E-state index in [4.69, 9.17) is 16.3 Å². The lowest BCUT2D eigenvalue weighted by Gasteiger charge is -2.31. The first kappa shape index (κ1) is 24.7. The molecule has 1 atom stereocenters. The zero-order valence-corrected chi connectivity index (χ0v) is 21.3. The normalized spacial score (nSPS) is 12.2. The Morgan fingerprint density at radius 3 is 2.47 bits per heavy atom. The molecule has 162 valence electrons. The van der Waals surface area contributed by atoms with Crippen LogP contribution in [0.15, 0.2) is 51.4 Å².